The van der Waals surface area contributed by atoms with E-state index in [-0.39, 0.29) is 5.54 Å². The summed E-state index contributed by atoms with van der Waals surface area (Å²) in [6, 6.07) is 0. The van der Waals surface area contributed by atoms with Gasteiger partial charge in [-0.1, -0.05) is 111 Å². The molecule has 0 aliphatic carbocycles. The molecule has 1 atom stereocenters. The van der Waals surface area contributed by atoms with Crippen molar-refractivity contribution in [3.05, 3.63) is 0 Å². The number of hydrogen-bond acceptors (Lipinski definition) is 1. The lowest BCUT2D eigenvalue weighted by molar-refractivity contribution is 0.318. The Morgan fingerprint density at radius 3 is 1.46 bits per heavy atom. The van der Waals surface area contributed by atoms with Crippen molar-refractivity contribution in [1.29, 1.82) is 0 Å². The Morgan fingerprint density at radius 2 is 1.04 bits per heavy atom. The van der Waals surface area contributed by atoms with Crippen molar-refractivity contribution < 1.29 is 0 Å². The molecule has 1 nitrogen and oxygen atoms in total. The molecule has 0 aliphatic rings. The third kappa shape index (κ3) is 14.3. The first kappa shape index (κ1) is 24.0. The van der Waals surface area contributed by atoms with E-state index in [1.807, 2.05) is 0 Å². The highest BCUT2D eigenvalue weighted by Gasteiger charge is 2.20. The smallest absolute Gasteiger partial charge is 0.0149 e. The van der Waals surface area contributed by atoms with Gasteiger partial charge < -0.3 is 5.73 Å². The third-order valence-corrected chi connectivity index (χ3v) is 6.09. The zero-order valence-corrected chi connectivity index (χ0v) is 17.7. The van der Waals surface area contributed by atoms with Gasteiger partial charge in [0.2, 0.25) is 0 Å². The van der Waals surface area contributed by atoms with Crippen LogP contribution in [0.5, 0.6) is 0 Å². The Labute approximate surface area is 154 Å². The topological polar surface area (TPSA) is 26.0 Å². The van der Waals surface area contributed by atoms with Crippen molar-refractivity contribution in [1.82, 2.24) is 0 Å². The van der Waals surface area contributed by atoms with Gasteiger partial charge in [0.1, 0.15) is 0 Å². The van der Waals surface area contributed by atoms with E-state index in [0.717, 1.165) is 18.8 Å². The Balaban J connectivity index is 3.32. The van der Waals surface area contributed by atoms with Gasteiger partial charge in [0.25, 0.3) is 0 Å². The summed E-state index contributed by atoms with van der Waals surface area (Å²) in [5, 5.41) is 0. The summed E-state index contributed by atoms with van der Waals surface area (Å²) in [5.41, 5.74) is 6.52. The molecule has 24 heavy (non-hydrogen) atoms. The maximum atomic E-state index is 6.41. The molecule has 0 aromatic rings. The fourth-order valence-corrected chi connectivity index (χ4v) is 3.62. The van der Waals surface area contributed by atoms with Gasteiger partial charge in [0.15, 0.2) is 0 Å². The monoisotopic (exact) mass is 339 g/mol. The minimum Gasteiger partial charge on any atom is -0.325 e. The molecule has 0 amide bonds. The quantitative estimate of drug-likeness (QED) is 0.251. The second-order valence-corrected chi connectivity index (χ2v) is 8.39. The fraction of sp³-hybridized carbons (Fsp3) is 1.00. The Kier molecular flexibility index (Phi) is 16.4. The van der Waals surface area contributed by atoms with E-state index in [4.69, 9.17) is 5.73 Å². The van der Waals surface area contributed by atoms with Gasteiger partial charge in [-0.25, -0.2) is 0 Å². The Bertz CT molecular complexity index is 244. The molecule has 0 saturated carbocycles. The molecule has 1 unspecified atom stereocenters. The fourth-order valence-electron chi connectivity index (χ4n) is 3.62. The average molecular weight is 340 g/mol. The van der Waals surface area contributed by atoms with Gasteiger partial charge in [-0.3, -0.25) is 0 Å². The van der Waals surface area contributed by atoms with E-state index in [2.05, 4.69) is 27.7 Å². The summed E-state index contributed by atoms with van der Waals surface area (Å²) in [6.45, 7) is 9.19. The minimum atomic E-state index is 0.102. The standard InChI is InChI=1S/C23H49N/c1-5-8-9-10-11-12-13-14-15-16-17-18-19-22(4)20-21-23(24,6-2)7-3/h22H,5-21,24H2,1-4H3. The average Bonchev–Trinajstić information content (AvgIpc) is 2.60. The summed E-state index contributed by atoms with van der Waals surface area (Å²) >= 11 is 0. The molecular weight excluding hydrogens is 290 g/mol. The van der Waals surface area contributed by atoms with Gasteiger partial charge in [0, 0.05) is 5.54 Å². The molecule has 0 fully saturated rings. The van der Waals surface area contributed by atoms with E-state index in [9.17, 15) is 0 Å². The highest BCUT2D eigenvalue weighted by atomic mass is 14.7. The van der Waals surface area contributed by atoms with Crippen LogP contribution in [0.2, 0.25) is 0 Å². The van der Waals surface area contributed by atoms with Crippen LogP contribution in [0.3, 0.4) is 0 Å². The predicted molar refractivity (Wildman–Crippen MR) is 112 cm³/mol. The van der Waals surface area contributed by atoms with Crippen molar-refractivity contribution in [2.24, 2.45) is 11.7 Å². The predicted octanol–water partition coefficient (Wildman–Crippen LogP) is 8.01. The highest BCUT2D eigenvalue weighted by molar-refractivity contribution is 4.81. The molecular formula is C23H49N. The maximum absolute atomic E-state index is 6.41. The van der Waals surface area contributed by atoms with E-state index in [1.54, 1.807) is 0 Å². The van der Waals surface area contributed by atoms with E-state index in [0.29, 0.717) is 0 Å². The molecule has 0 aliphatic heterocycles. The largest absolute Gasteiger partial charge is 0.325 e. The number of hydrogen-bond donors (Lipinski definition) is 1. The van der Waals surface area contributed by atoms with Crippen LogP contribution in [0, 0.1) is 5.92 Å². The number of unbranched alkanes of at least 4 members (excludes halogenated alkanes) is 11. The van der Waals surface area contributed by atoms with Crippen molar-refractivity contribution in [2.75, 3.05) is 0 Å². The molecule has 0 aromatic heterocycles. The molecule has 0 spiro atoms. The second-order valence-electron chi connectivity index (χ2n) is 8.39. The van der Waals surface area contributed by atoms with Gasteiger partial charge in [-0.2, -0.15) is 0 Å². The molecule has 0 aromatic carbocycles. The third-order valence-electron chi connectivity index (χ3n) is 6.09. The van der Waals surface area contributed by atoms with Crippen molar-refractivity contribution in [2.45, 2.75) is 142 Å². The van der Waals surface area contributed by atoms with Crippen LogP contribution in [-0.4, -0.2) is 5.54 Å². The summed E-state index contributed by atoms with van der Waals surface area (Å²) in [4.78, 5) is 0. The van der Waals surface area contributed by atoms with Crippen molar-refractivity contribution in [3.63, 3.8) is 0 Å². The van der Waals surface area contributed by atoms with E-state index in [1.165, 1.54) is 96.3 Å². The van der Waals surface area contributed by atoms with Crippen LogP contribution in [0.25, 0.3) is 0 Å². The lowest BCUT2D eigenvalue weighted by Gasteiger charge is -2.28. The van der Waals surface area contributed by atoms with Crippen molar-refractivity contribution in [3.8, 4) is 0 Å². The maximum Gasteiger partial charge on any atom is 0.0149 e. The normalized spacial score (nSPS) is 13.4. The Hall–Kier alpha value is -0.0400. The summed E-state index contributed by atoms with van der Waals surface area (Å²) < 4.78 is 0. The van der Waals surface area contributed by atoms with Crippen LogP contribution < -0.4 is 5.73 Å². The molecule has 0 heterocycles. The molecule has 2 N–H and O–H groups in total. The molecule has 146 valence electrons. The molecule has 0 bridgehead atoms. The SMILES string of the molecule is CCCCCCCCCCCCCCC(C)CCC(N)(CC)CC. The second kappa shape index (κ2) is 16.4. The van der Waals surface area contributed by atoms with Crippen LogP contribution in [0.1, 0.15) is 137 Å². The molecule has 0 saturated heterocycles. The van der Waals surface area contributed by atoms with Gasteiger partial charge in [-0.05, 0) is 31.6 Å². The van der Waals surface area contributed by atoms with Gasteiger partial charge in [-0.15, -0.1) is 0 Å². The lowest BCUT2D eigenvalue weighted by atomic mass is 9.85. The molecule has 0 radical (unpaired) electrons. The zero-order valence-electron chi connectivity index (χ0n) is 17.7. The first-order valence-electron chi connectivity index (χ1n) is 11.4. The van der Waals surface area contributed by atoms with E-state index < -0.39 is 0 Å². The number of nitrogens with two attached hydrogens (primary N) is 1. The van der Waals surface area contributed by atoms with Crippen molar-refractivity contribution >= 4 is 0 Å². The molecule has 1 heteroatoms. The first-order chi connectivity index (χ1) is 11.6. The van der Waals surface area contributed by atoms with Crippen LogP contribution in [0.15, 0.2) is 0 Å². The van der Waals surface area contributed by atoms with E-state index >= 15 is 0 Å². The first-order valence-corrected chi connectivity index (χ1v) is 11.4. The summed E-state index contributed by atoms with van der Waals surface area (Å²) in [6.07, 6.45) is 23.5. The van der Waals surface area contributed by atoms with Crippen LogP contribution in [-0.2, 0) is 0 Å². The lowest BCUT2D eigenvalue weighted by Crippen LogP contribution is -2.38. The Morgan fingerprint density at radius 1 is 0.625 bits per heavy atom. The number of rotatable bonds is 18. The minimum absolute atomic E-state index is 0.102. The van der Waals surface area contributed by atoms with Gasteiger partial charge in [0.05, 0.1) is 0 Å². The highest BCUT2D eigenvalue weighted by Crippen LogP contribution is 2.24. The van der Waals surface area contributed by atoms with Gasteiger partial charge >= 0.3 is 0 Å². The summed E-state index contributed by atoms with van der Waals surface area (Å²) in [5.74, 6) is 0.856. The van der Waals surface area contributed by atoms with Crippen LogP contribution >= 0.6 is 0 Å². The summed E-state index contributed by atoms with van der Waals surface area (Å²) in [7, 11) is 0. The zero-order chi connectivity index (χ0) is 18.1. The molecule has 0 rings (SSSR count). The van der Waals surface area contributed by atoms with Crippen LogP contribution in [0.4, 0.5) is 0 Å².